The SMILES string of the molecule is CO[Si](C)(OC)C(F)(F)N(F)C(=O)Oc1cccc(F)c1F. The molecule has 0 saturated carbocycles. The molecule has 0 heterocycles. The fourth-order valence-corrected chi connectivity index (χ4v) is 2.42. The van der Waals surface area contributed by atoms with Crippen LogP contribution < -0.4 is 4.74 Å². The van der Waals surface area contributed by atoms with E-state index in [4.69, 9.17) is 0 Å². The molecule has 0 aliphatic rings. The number of hydrogen-bond donors (Lipinski definition) is 0. The summed E-state index contributed by atoms with van der Waals surface area (Å²) in [5, 5.41) is -1.57. The first-order valence-corrected chi connectivity index (χ1v) is 8.02. The third-order valence-electron chi connectivity index (χ3n) is 2.85. The van der Waals surface area contributed by atoms with Gasteiger partial charge in [0.15, 0.2) is 11.6 Å². The first-order valence-electron chi connectivity index (χ1n) is 5.70. The van der Waals surface area contributed by atoms with Gasteiger partial charge in [-0.25, -0.2) is 9.18 Å². The van der Waals surface area contributed by atoms with Gasteiger partial charge >= 0.3 is 20.3 Å². The molecule has 0 aliphatic carbocycles. The van der Waals surface area contributed by atoms with Crippen LogP contribution >= 0.6 is 0 Å². The summed E-state index contributed by atoms with van der Waals surface area (Å²) in [7, 11) is -2.73. The lowest BCUT2D eigenvalue weighted by atomic mass is 10.3. The molecule has 0 aromatic heterocycles. The van der Waals surface area contributed by atoms with Crippen LogP contribution in [0.3, 0.4) is 0 Å². The van der Waals surface area contributed by atoms with Crippen LogP contribution in [0.2, 0.25) is 6.55 Å². The molecule has 0 radical (unpaired) electrons. The van der Waals surface area contributed by atoms with Gasteiger partial charge in [0.1, 0.15) is 0 Å². The Morgan fingerprint density at radius 3 is 2.27 bits per heavy atom. The molecule has 11 heteroatoms. The van der Waals surface area contributed by atoms with Crippen LogP contribution in [-0.4, -0.2) is 39.7 Å². The van der Waals surface area contributed by atoms with E-state index in [0.29, 0.717) is 6.07 Å². The van der Waals surface area contributed by atoms with Crippen molar-refractivity contribution in [3.05, 3.63) is 29.8 Å². The lowest BCUT2D eigenvalue weighted by molar-refractivity contribution is -0.177. The van der Waals surface area contributed by atoms with E-state index in [1.165, 1.54) is 0 Å². The molecule has 0 unspecified atom stereocenters. The predicted molar refractivity (Wildman–Crippen MR) is 65.9 cm³/mol. The number of benzene rings is 1. The molecule has 0 bridgehead atoms. The minimum absolute atomic E-state index is 0.703. The largest absolute Gasteiger partial charge is 0.448 e. The van der Waals surface area contributed by atoms with Crippen LogP contribution in [0.5, 0.6) is 5.75 Å². The van der Waals surface area contributed by atoms with Crippen molar-refractivity contribution in [1.82, 2.24) is 5.12 Å². The minimum atomic E-state index is -4.47. The summed E-state index contributed by atoms with van der Waals surface area (Å²) in [6.45, 7) is 0.801. The van der Waals surface area contributed by atoms with E-state index in [2.05, 4.69) is 13.6 Å². The molecule has 1 rings (SSSR count). The highest BCUT2D eigenvalue weighted by Gasteiger charge is 2.64. The van der Waals surface area contributed by atoms with Gasteiger partial charge in [0.05, 0.1) is 0 Å². The monoisotopic (exact) mass is 345 g/mol. The molecule has 1 amide bonds. The van der Waals surface area contributed by atoms with E-state index in [0.717, 1.165) is 32.9 Å². The number of hydrogen-bond acceptors (Lipinski definition) is 4. The highest BCUT2D eigenvalue weighted by atomic mass is 28.4. The average molecular weight is 345 g/mol. The standard InChI is InChI=1S/C11H12F5NO4Si/c1-19-22(3,20-2)11(14,15)17(16)10(18)21-8-6-4-5-7(12)9(8)13/h4-6H,1-3H3. The van der Waals surface area contributed by atoms with Crippen molar-refractivity contribution in [2.75, 3.05) is 14.2 Å². The van der Waals surface area contributed by atoms with Crippen molar-refractivity contribution >= 4 is 14.7 Å². The Morgan fingerprint density at radius 1 is 1.23 bits per heavy atom. The maximum absolute atomic E-state index is 13.9. The second kappa shape index (κ2) is 6.58. The van der Waals surface area contributed by atoms with Gasteiger partial charge < -0.3 is 13.6 Å². The summed E-state index contributed by atoms with van der Waals surface area (Å²) in [5.41, 5.74) is -4.47. The Balaban J connectivity index is 3.00. The summed E-state index contributed by atoms with van der Waals surface area (Å²) in [6, 6.07) is 2.42. The van der Waals surface area contributed by atoms with Crippen LogP contribution in [-0.2, 0) is 8.85 Å². The number of carbonyl (C=O) groups is 1. The zero-order valence-electron chi connectivity index (χ0n) is 11.7. The molecule has 1 aromatic rings. The van der Waals surface area contributed by atoms with Gasteiger partial charge in [-0.1, -0.05) is 15.7 Å². The van der Waals surface area contributed by atoms with Crippen molar-refractivity contribution in [2.24, 2.45) is 0 Å². The highest BCUT2D eigenvalue weighted by Crippen LogP contribution is 2.33. The third kappa shape index (κ3) is 3.20. The normalized spacial score (nSPS) is 12.2. The summed E-state index contributed by atoms with van der Waals surface area (Å²) in [5.74, 6) is -4.05. The van der Waals surface area contributed by atoms with Gasteiger partial charge in [0, 0.05) is 14.2 Å². The molecule has 5 nitrogen and oxygen atoms in total. The Morgan fingerprint density at radius 2 is 1.77 bits per heavy atom. The Labute approximate surface area is 123 Å². The summed E-state index contributed by atoms with van der Waals surface area (Å²) in [6.07, 6.45) is -2.25. The Kier molecular flexibility index (Phi) is 5.48. The summed E-state index contributed by atoms with van der Waals surface area (Å²) < 4.78 is 80.6. The predicted octanol–water partition coefficient (Wildman–Crippen LogP) is 3.15. The van der Waals surface area contributed by atoms with E-state index in [1.54, 1.807) is 0 Å². The molecule has 1 aromatic carbocycles. The van der Waals surface area contributed by atoms with Crippen LogP contribution in [0, 0.1) is 11.6 Å². The van der Waals surface area contributed by atoms with Gasteiger partial charge in [0.25, 0.3) is 0 Å². The Bertz CT molecular complexity index is 555. The van der Waals surface area contributed by atoms with Crippen LogP contribution in [0.1, 0.15) is 0 Å². The summed E-state index contributed by atoms with van der Waals surface area (Å²) in [4.78, 5) is 11.4. The number of halogens is 5. The zero-order chi connectivity index (χ0) is 17.1. The quantitative estimate of drug-likeness (QED) is 0.356. The molecular formula is C11H12F5NO4Si. The van der Waals surface area contributed by atoms with Crippen LogP contribution in [0.15, 0.2) is 18.2 Å². The van der Waals surface area contributed by atoms with Crippen molar-refractivity contribution in [3.63, 3.8) is 0 Å². The maximum Gasteiger partial charge on any atom is 0.448 e. The van der Waals surface area contributed by atoms with E-state index >= 15 is 0 Å². The molecule has 0 saturated heterocycles. The number of rotatable bonds is 5. The van der Waals surface area contributed by atoms with Crippen molar-refractivity contribution in [3.8, 4) is 5.75 Å². The van der Waals surface area contributed by atoms with E-state index in [9.17, 15) is 26.8 Å². The highest BCUT2D eigenvalue weighted by molar-refractivity contribution is 6.68. The molecule has 0 atom stereocenters. The fourth-order valence-electron chi connectivity index (χ4n) is 1.32. The number of ether oxygens (including phenoxy) is 1. The van der Waals surface area contributed by atoms with E-state index < -0.39 is 42.8 Å². The summed E-state index contributed by atoms with van der Waals surface area (Å²) >= 11 is 0. The van der Waals surface area contributed by atoms with Gasteiger partial charge in [-0.05, 0) is 18.7 Å². The first kappa shape index (κ1) is 18.3. The Hall–Kier alpha value is -1.72. The van der Waals surface area contributed by atoms with Gasteiger partial charge in [-0.2, -0.15) is 13.2 Å². The molecule has 0 spiro atoms. The van der Waals surface area contributed by atoms with Crippen LogP contribution in [0.4, 0.5) is 26.8 Å². The third-order valence-corrected chi connectivity index (χ3v) is 5.69. The molecule has 0 N–H and O–H groups in total. The molecule has 22 heavy (non-hydrogen) atoms. The molecule has 124 valence electrons. The van der Waals surface area contributed by atoms with Gasteiger partial charge in [0.2, 0.25) is 5.82 Å². The number of amides is 1. The van der Waals surface area contributed by atoms with E-state index in [1.807, 2.05) is 0 Å². The van der Waals surface area contributed by atoms with Gasteiger partial charge in [-0.3, -0.25) is 0 Å². The van der Waals surface area contributed by atoms with Crippen molar-refractivity contribution in [2.45, 2.75) is 12.2 Å². The van der Waals surface area contributed by atoms with Gasteiger partial charge in [-0.15, -0.1) is 0 Å². The number of nitrogens with zero attached hydrogens (tertiary/aromatic N) is 1. The molecular weight excluding hydrogens is 333 g/mol. The fraction of sp³-hybridized carbons (Fsp3) is 0.364. The molecule has 0 fully saturated rings. The maximum atomic E-state index is 13.9. The van der Waals surface area contributed by atoms with Crippen LogP contribution in [0.25, 0.3) is 0 Å². The lowest BCUT2D eigenvalue weighted by Gasteiger charge is -2.33. The molecule has 0 aliphatic heterocycles. The zero-order valence-corrected chi connectivity index (χ0v) is 12.7. The topological polar surface area (TPSA) is 48.0 Å². The second-order valence-electron chi connectivity index (χ2n) is 4.10. The minimum Gasteiger partial charge on any atom is -0.405 e. The second-order valence-corrected chi connectivity index (χ2v) is 7.41. The smallest absolute Gasteiger partial charge is 0.405 e. The lowest BCUT2D eigenvalue weighted by Crippen LogP contribution is -2.63. The first-order chi connectivity index (χ1) is 10.1. The average Bonchev–Trinajstić information content (AvgIpc) is 2.49. The van der Waals surface area contributed by atoms with Crippen molar-refractivity contribution in [1.29, 1.82) is 0 Å². The van der Waals surface area contributed by atoms with E-state index in [-0.39, 0.29) is 0 Å². The van der Waals surface area contributed by atoms with Crippen molar-refractivity contribution < 1.29 is 40.4 Å². The number of carbonyl (C=O) groups excluding carboxylic acids is 1. The number of alkyl halides is 2.